The first-order valence-corrected chi connectivity index (χ1v) is 7.21. The third-order valence-corrected chi connectivity index (χ3v) is 3.97. The molecule has 0 radical (unpaired) electrons. The Morgan fingerprint density at radius 3 is 2.74 bits per heavy atom. The Kier molecular flexibility index (Phi) is 4.81. The molecule has 0 saturated carbocycles. The van der Waals surface area contributed by atoms with Crippen molar-refractivity contribution in [3.8, 4) is 6.07 Å². The Morgan fingerprint density at radius 1 is 1.37 bits per heavy atom. The number of nitriles is 1. The summed E-state index contributed by atoms with van der Waals surface area (Å²) >= 11 is 0. The van der Waals surface area contributed by atoms with Gasteiger partial charge in [0.1, 0.15) is 6.07 Å². The van der Waals surface area contributed by atoms with E-state index in [-0.39, 0.29) is 0 Å². The molecule has 1 aliphatic rings. The molecule has 0 atom stereocenters. The third kappa shape index (κ3) is 3.27. The quantitative estimate of drug-likeness (QED) is 0.901. The van der Waals surface area contributed by atoms with Gasteiger partial charge >= 0.3 is 0 Å². The van der Waals surface area contributed by atoms with E-state index in [1.165, 1.54) is 18.4 Å². The summed E-state index contributed by atoms with van der Waals surface area (Å²) in [5.41, 5.74) is 3.17. The van der Waals surface area contributed by atoms with Crippen molar-refractivity contribution in [1.82, 2.24) is 5.32 Å². The van der Waals surface area contributed by atoms with Crippen molar-refractivity contribution >= 4 is 5.69 Å². The second-order valence-electron chi connectivity index (χ2n) is 5.32. The Balaban J connectivity index is 2.04. The topological polar surface area (TPSA) is 39.1 Å². The molecule has 1 aromatic carbocycles. The Hall–Kier alpha value is -1.53. The van der Waals surface area contributed by atoms with E-state index in [0.717, 1.165) is 43.3 Å². The molecular weight excluding hydrogens is 234 g/mol. The molecule has 0 amide bonds. The van der Waals surface area contributed by atoms with Crippen molar-refractivity contribution in [3.05, 3.63) is 29.3 Å². The lowest BCUT2D eigenvalue weighted by molar-refractivity contribution is 0.386. The van der Waals surface area contributed by atoms with Crippen LogP contribution in [0.15, 0.2) is 18.2 Å². The molecule has 0 bridgehead atoms. The van der Waals surface area contributed by atoms with Crippen LogP contribution in [0.2, 0.25) is 0 Å². The van der Waals surface area contributed by atoms with Crippen LogP contribution in [-0.2, 0) is 0 Å². The van der Waals surface area contributed by atoms with E-state index < -0.39 is 0 Å². The van der Waals surface area contributed by atoms with Crippen molar-refractivity contribution in [2.45, 2.75) is 26.7 Å². The summed E-state index contributed by atoms with van der Waals surface area (Å²) in [5.74, 6) is 0.783. The summed E-state index contributed by atoms with van der Waals surface area (Å²) in [7, 11) is 0. The van der Waals surface area contributed by atoms with Crippen LogP contribution in [0.5, 0.6) is 0 Å². The van der Waals surface area contributed by atoms with Gasteiger partial charge in [-0.1, -0.05) is 19.1 Å². The van der Waals surface area contributed by atoms with Gasteiger partial charge in [-0.05, 0) is 50.4 Å². The number of para-hydroxylation sites is 1. The average molecular weight is 257 g/mol. The van der Waals surface area contributed by atoms with E-state index >= 15 is 0 Å². The molecule has 1 heterocycles. The number of nitrogens with zero attached hydrogens (tertiary/aromatic N) is 2. The first kappa shape index (κ1) is 13.9. The van der Waals surface area contributed by atoms with Crippen molar-refractivity contribution < 1.29 is 0 Å². The van der Waals surface area contributed by atoms with Crippen LogP contribution in [0.4, 0.5) is 5.69 Å². The van der Waals surface area contributed by atoms with Gasteiger partial charge < -0.3 is 10.2 Å². The minimum absolute atomic E-state index is 0.783. The summed E-state index contributed by atoms with van der Waals surface area (Å²) < 4.78 is 0. The average Bonchev–Trinajstić information content (AvgIpc) is 2.45. The Labute approximate surface area is 116 Å². The van der Waals surface area contributed by atoms with Crippen LogP contribution in [0.1, 0.15) is 30.9 Å². The SMILES string of the molecule is CCNCC1CCN(c2c(C)cccc2C#N)CC1. The van der Waals surface area contributed by atoms with Gasteiger partial charge in [0.2, 0.25) is 0 Å². The Morgan fingerprint density at radius 2 is 2.11 bits per heavy atom. The van der Waals surface area contributed by atoms with Crippen LogP contribution in [-0.4, -0.2) is 26.2 Å². The minimum Gasteiger partial charge on any atom is -0.370 e. The van der Waals surface area contributed by atoms with Crippen molar-refractivity contribution in [2.75, 3.05) is 31.1 Å². The number of anilines is 1. The van der Waals surface area contributed by atoms with Crippen LogP contribution >= 0.6 is 0 Å². The molecular formula is C16H23N3. The zero-order valence-corrected chi connectivity index (χ0v) is 11.9. The van der Waals surface area contributed by atoms with E-state index in [1.807, 2.05) is 12.1 Å². The predicted molar refractivity (Wildman–Crippen MR) is 79.4 cm³/mol. The molecule has 102 valence electrons. The maximum Gasteiger partial charge on any atom is 0.101 e. The molecule has 0 aromatic heterocycles. The summed E-state index contributed by atoms with van der Waals surface area (Å²) in [4.78, 5) is 2.39. The zero-order valence-electron chi connectivity index (χ0n) is 11.9. The standard InChI is InChI=1S/C16H23N3/c1-3-18-12-14-7-9-19(10-8-14)16-13(2)5-4-6-15(16)11-17/h4-6,14,18H,3,7-10,12H2,1-2H3. The fraction of sp³-hybridized carbons (Fsp3) is 0.562. The second kappa shape index (κ2) is 6.58. The number of hydrogen-bond acceptors (Lipinski definition) is 3. The first-order valence-electron chi connectivity index (χ1n) is 7.21. The van der Waals surface area contributed by atoms with Gasteiger partial charge in [-0.25, -0.2) is 0 Å². The van der Waals surface area contributed by atoms with Crippen LogP contribution < -0.4 is 10.2 Å². The van der Waals surface area contributed by atoms with Gasteiger partial charge in [0.05, 0.1) is 11.3 Å². The number of piperidine rings is 1. The van der Waals surface area contributed by atoms with Crippen LogP contribution in [0.3, 0.4) is 0 Å². The van der Waals surface area contributed by atoms with Crippen molar-refractivity contribution in [1.29, 1.82) is 5.26 Å². The molecule has 3 nitrogen and oxygen atoms in total. The van der Waals surface area contributed by atoms with E-state index in [0.29, 0.717) is 0 Å². The van der Waals surface area contributed by atoms with Crippen molar-refractivity contribution in [3.63, 3.8) is 0 Å². The first-order chi connectivity index (χ1) is 9.26. The predicted octanol–water partition coefficient (Wildman–Crippen LogP) is 2.69. The molecule has 1 aliphatic heterocycles. The van der Waals surface area contributed by atoms with Gasteiger partial charge in [0, 0.05) is 13.1 Å². The summed E-state index contributed by atoms with van der Waals surface area (Å²) in [6, 6.07) is 8.31. The largest absolute Gasteiger partial charge is 0.370 e. The lowest BCUT2D eigenvalue weighted by Crippen LogP contribution is -2.38. The lowest BCUT2D eigenvalue weighted by Gasteiger charge is -2.35. The third-order valence-electron chi connectivity index (χ3n) is 3.97. The van der Waals surface area contributed by atoms with Crippen LogP contribution in [0.25, 0.3) is 0 Å². The second-order valence-corrected chi connectivity index (χ2v) is 5.32. The highest BCUT2D eigenvalue weighted by Gasteiger charge is 2.21. The van der Waals surface area contributed by atoms with E-state index in [4.69, 9.17) is 0 Å². The number of aryl methyl sites for hydroxylation is 1. The van der Waals surface area contributed by atoms with E-state index in [1.54, 1.807) is 0 Å². The molecule has 1 N–H and O–H groups in total. The number of benzene rings is 1. The highest BCUT2D eigenvalue weighted by atomic mass is 15.1. The highest BCUT2D eigenvalue weighted by Crippen LogP contribution is 2.28. The molecule has 2 rings (SSSR count). The molecule has 1 aromatic rings. The van der Waals surface area contributed by atoms with E-state index in [9.17, 15) is 5.26 Å². The molecule has 19 heavy (non-hydrogen) atoms. The van der Waals surface area contributed by atoms with Gasteiger partial charge in [0.25, 0.3) is 0 Å². The van der Waals surface area contributed by atoms with E-state index in [2.05, 4.69) is 36.2 Å². The number of nitrogens with one attached hydrogen (secondary N) is 1. The fourth-order valence-corrected chi connectivity index (χ4v) is 2.88. The molecule has 0 unspecified atom stereocenters. The van der Waals surface area contributed by atoms with Gasteiger partial charge in [-0.2, -0.15) is 5.26 Å². The molecule has 1 saturated heterocycles. The Bertz CT molecular complexity index is 454. The monoisotopic (exact) mass is 257 g/mol. The number of hydrogen-bond donors (Lipinski definition) is 1. The van der Waals surface area contributed by atoms with Gasteiger partial charge in [0.15, 0.2) is 0 Å². The smallest absolute Gasteiger partial charge is 0.101 e. The summed E-state index contributed by atoms with van der Waals surface area (Å²) in [6.45, 7) is 8.56. The van der Waals surface area contributed by atoms with Gasteiger partial charge in [-0.15, -0.1) is 0 Å². The molecule has 0 spiro atoms. The highest BCUT2D eigenvalue weighted by molar-refractivity contribution is 5.64. The summed E-state index contributed by atoms with van der Waals surface area (Å²) in [5, 5.41) is 12.7. The minimum atomic E-state index is 0.783. The molecule has 0 aliphatic carbocycles. The number of rotatable bonds is 4. The van der Waals surface area contributed by atoms with Gasteiger partial charge in [-0.3, -0.25) is 0 Å². The zero-order chi connectivity index (χ0) is 13.7. The maximum atomic E-state index is 9.25. The van der Waals surface area contributed by atoms with Crippen molar-refractivity contribution in [2.24, 2.45) is 5.92 Å². The molecule has 3 heteroatoms. The van der Waals surface area contributed by atoms with Crippen LogP contribution in [0, 0.1) is 24.2 Å². The lowest BCUT2D eigenvalue weighted by atomic mass is 9.95. The maximum absolute atomic E-state index is 9.25. The summed E-state index contributed by atoms with van der Waals surface area (Å²) in [6.07, 6.45) is 2.43. The fourth-order valence-electron chi connectivity index (χ4n) is 2.88. The normalized spacial score (nSPS) is 16.4. The molecule has 1 fully saturated rings.